The van der Waals surface area contributed by atoms with Gasteiger partial charge in [0.25, 0.3) is 5.91 Å². The number of rotatable bonds is 4. The number of anilines is 1. The summed E-state index contributed by atoms with van der Waals surface area (Å²) in [6.45, 7) is 2.29. The number of aromatic nitrogens is 1. The molecule has 1 amide bonds. The van der Waals surface area contributed by atoms with Gasteiger partial charge in [-0.1, -0.05) is 24.6 Å². The third-order valence-corrected chi connectivity index (χ3v) is 6.55. The van der Waals surface area contributed by atoms with Crippen molar-refractivity contribution in [2.75, 3.05) is 18.4 Å². The Hall–Kier alpha value is -2.98. The number of nitrogens with zero attached hydrogens (tertiary/aromatic N) is 2. The fraction of sp³-hybridized carbons (Fsp3) is 0.308. The van der Waals surface area contributed by atoms with Gasteiger partial charge in [-0.25, -0.2) is 0 Å². The summed E-state index contributed by atoms with van der Waals surface area (Å²) >= 11 is 0. The summed E-state index contributed by atoms with van der Waals surface area (Å²) in [5.41, 5.74) is 6.53. The summed E-state index contributed by atoms with van der Waals surface area (Å²) in [6.07, 6.45) is 9.83. The van der Waals surface area contributed by atoms with E-state index in [0.29, 0.717) is 5.56 Å². The normalized spacial score (nSPS) is 16.9. The molecule has 1 N–H and O–H groups in total. The highest BCUT2D eigenvalue weighted by Crippen LogP contribution is 2.28. The van der Waals surface area contributed by atoms with Crippen molar-refractivity contribution in [1.29, 1.82) is 0 Å². The number of pyridine rings is 1. The van der Waals surface area contributed by atoms with Crippen LogP contribution in [0, 0.1) is 0 Å². The lowest BCUT2D eigenvalue weighted by molar-refractivity contribution is 0.102. The van der Waals surface area contributed by atoms with E-state index in [-0.39, 0.29) is 5.91 Å². The number of hydrogen-bond donors (Lipinski definition) is 1. The van der Waals surface area contributed by atoms with Gasteiger partial charge in [-0.05, 0) is 84.3 Å². The van der Waals surface area contributed by atoms with Gasteiger partial charge in [0.2, 0.25) is 0 Å². The van der Waals surface area contributed by atoms with Crippen LogP contribution in [-0.2, 0) is 12.8 Å². The van der Waals surface area contributed by atoms with Crippen LogP contribution in [0.15, 0.2) is 67.0 Å². The summed E-state index contributed by atoms with van der Waals surface area (Å²) in [5, 5.41) is 3.08. The van der Waals surface area contributed by atoms with Gasteiger partial charge in [-0.3, -0.25) is 14.7 Å². The molecule has 1 fully saturated rings. The molecule has 3 aromatic rings. The van der Waals surface area contributed by atoms with Crippen LogP contribution in [-0.4, -0.2) is 34.9 Å². The van der Waals surface area contributed by atoms with E-state index < -0.39 is 0 Å². The molecule has 2 heterocycles. The first kappa shape index (κ1) is 19.0. The smallest absolute Gasteiger partial charge is 0.255 e. The molecule has 152 valence electrons. The molecule has 0 bridgehead atoms. The standard InChI is InChI=1S/C26H27N3O/c30-26(22-6-4-19(5-7-22)21-10-14-27-15-11-21)28-24-9-8-20-12-16-29(25-2-1-3-25)17-13-23(20)18-24/h4-11,14-15,18,25H,1-3,12-13,16-17H2,(H,28,30). The Bertz CT molecular complexity index is 1030. The molecule has 0 unspecified atom stereocenters. The summed E-state index contributed by atoms with van der Waals surface area (Å²) in [4.78, 5) is 19.5. The molecule has 2 aromatic carbocycles. The molecule has 5 rings (SSSR count). The quantitative estimate of drug-likeness (QED) is 0.677. The lowest BCUT2D eigenvalue weighted by Gasteiger charge is -2.36. The molecule has 1 saturated carbocycles. The second-order valence-electron chi connectivity index (χ2n) is 8.37. The minimum absolute atomic E-state index is 0.0686. The number of hydrogen-bond acceptors (Lipinski definition) is 3. The van der Waals surface area contributed by atoms with Crippen molar-refractivity contribution >= 4 is 11.6 Å². The van der Waals surface area contributed by atoms with Crippen molar-refractivity contribution in [2.45, 2.75) is 38.1 Å². The Morgan fingerprint density at radius 2 is 1.57 bits per heavy atom. The molecule has 1 aromatic heterocycles. The highest BCUT2D eigenvalue weighted by atomic mass is 16.1. The molecule has 0 radical (unpaired) electrons. The molecule has 1 aliphatic heterocycles. The molecule has 1 aliphatic carbocycles. The Morgan fingerprint density at radius 1 is 0.867 bits per heavy atom. The van der Waals surface area contributed by atoms with Gasteiger partial charge in [0.15, 0.2) is 0 Å². The number of nitrogens with one attached hydrogen (secondary N) is 1. The van der Waals surface area contributed by atoms with Crippen molar-refractivity contribution in [3.05, 3.63) is 83.7 Å². The first-order valence-corrected chi connectivity index (χ1v) is 10.9. The van der Waals surface area contributed by atoms with Gasteiger partial charge >= 0.3 is 0 Å². The van der Waals surface area contributed by atoms with Crippen LogP contribution in [0.4, 0.5) is 5.69 Å². The van der Waals surface area contributed by atoms with Crippen LogP contribution in [0.3, 0.4) is 0 Å². The van der Waals surface area contributed by atoms with Gasteiger partial charge in [-0.15, -0.1) is 0 Å². The minimum Gasteiger partial charge on any atom is -0.322 e. The van der Waals surface area contributed by atoms with E-state index in [1.807, 2.05) is 42.5 Å². The predicted molar refractivity (Wildman–Crippen MR) is 121 cm³/mol. The molecular weight excluding hydrogens is 370 g/mol. The van der Waals surface area contributed by atoms with E-state index in [9.17, 15) is 4.79 Å². The van der Waals surface area contributed by atoms with E-state index in [2.05, 4.69) is 27.3 Å². The topological polar surface area (TPSA) is 45.2 Å². The Morgan fingerprint density at radius 3 is 2.27 bits per heavy atom. The van der Waals surface area contributed by atoms with Gasteiger partial charge in [0.05, 0.1) is 0 Å². The Balaban J connectivity index is 1.26. The maximum atomic E-state index is 12.8. The number of fused-ring (bicyclic) bond motifs is 1. The first-order chi connectivity index (χ1) is 14.8. The van der Waals surface area contributed by atoms with Crippen LogP contribution in [0.1, 0.15) is 40.7 Å². The van der Waals surface area contributed by atoms with E-state index in [4.69, 9.17) is 0 Å². The van der Waals surface area contributed by atoms with Gasteiger partial charge in [0, 0.05) is 42.8 Å². The van der Waals surface area contributed by atoms with Crippen molar-refractivity contribution in [3.8, 4) is 11.1 Å². The number of carbonyl (C=O) groups excluding carboxylic acids is 1. The van der Waals surface area contributed by atoms with Gasteiger partial charge in [-0.2, -0.15) is 0 Å². The van der Waals surface area contributed by atoms with Crippen LogP contribution in [0.25, 0.3) is 11.1 Å². The van der Waals surface area contributed by atoms with E-state index in [0.717, 1.165) is 48.8 Å². The molecule has 4 nitrogen and oxygen atoms in total. The third kappa shape index (κ3) is 4.01. The number of carbonyl (C=O) groups is 1. The van der Waals surface area contributed by atoms with Crippen LogP contribution in [0.2, 0.25) is 0 Å². The van der Waals surface area contributed by atoms with E-state index >= 15 is 0 Å². The average molecular weight is 398 g/mol. The van der Waals surface area contributed by atoms with Gasteiger partial charge < -0.3 is 5.32 Å². The van der Waals surface area contributed by atoms with Crippen LogP contribution < -0.4 is 5.32 Å². The maximum absolute atomic E-state index is 12.8. The predicted octanol–water partition coefficient (Wildman–Crippen LogP) is 4.95. The molecule has 4 heteroatoms. The first-order valence-electron chi connectivity index (χ1n) is 10.9. The number of benzene rings is 2. The monoisotopic (exact) mass is 397 g/mol. The maximum Gasteiger partial charge on any atom is 0.255 e. The van der Waals surface area contributed by atoms with Crippen LogP contribution >= 0.6 is 0 Å². The van der Waals surface area contributed by atoms with Crippen molar-refractivity contribution < 1.29 is 4.79 Å². The second-order valence-corrected chi connectivity index (χ2v) is 8.37. The molecule has 2 aliphatic rings. The minimum atomic E-state index is -0.0686. The zero-order chi connectivity index (χ0) is 20.3. The largest absolute Gasteiger partial charge is 0.322 e. The summed E-state index contributed by atoms with van der Waals surface area (Å²) < 4.78 is 0. The molecule has 30 heavy (non-hydrogen) atoms. The number of amides is 1. The third-order valence-electron chi connectivity index (χ3n) is 6.55. The summed E-state index contributed by atoms with van der Waals surface area (Å²) in [5.74, 6) is -0.0686. The van der Waals surface area contributed by atoms with Crippen molar-refractivity contribution in [1.82, 2.24) is 9.88 Å². The molecule has 0 atom stereocenters. The summed E-state index contributed by atoms with van der Waals surface area (Å²) in [7, 11) is 0. The van der Waals surface area contributed by atoms with E-state index in [1.165, 1.54) is 30.4 Å². The molecule has 0 saturated heterocycles. The molecule has 0 spiro atoms. The van der Waals surface area contributed by atoms with E-state index in [1.54, 1.807) is 12.4 Å². The Labute approximate surface area is 178 Å². The van der Waals surface area contributed by atoms with Crippen molar-refractivity contribution in [2.24, 2.45) is 0 Å². The molecular formula is C26H27N3O. The zero-order valence-corrected chi connectivity index (χ0v) is 17.2. The second kappa shape index (κ2) is 8.41. The Kier molecular flexibility index (Phi) is 5.33. The summed E-state index contributed by atoms with van der Waals surface area (Å²) in [6, 6.07) is 18.9. The zero-order valence-electron chi connectivity index (χ0n) is 17.2. The fourth-order valence-corrected chi connectivity index (χ4v) is 4.50. The average Bonchev–Trinajstić information content (AvgIpc) is 2.96. The lowest BCUT2D eigenvalue weighted by Crippen LogP contribution is -2.41. The van der Waals surface area contributed by atoms with Gasteiger partial charge in [0.1, 0.15) is 0 Å². The fourth-order valence-electron chi connectivity index (χ4n) is 4.50. The SMILES string of the molecule is O=C(Nc1ccc2c(c1)CCN(C1CCC1)CC2)c1ccc(-c2ccncc2)cc1. The highest BCUT2D eigenvalue weighted by molar-refractivity contribution is 6.04. The lowest BCUT2D eigenvalue weighted by atomic mass is 9.91. The highest BCUT2D eigenvalue weighted by Gasteiger charge is 2.26. The van der Waals surface area contributed by atoms with Crippen LogP contribution in [0.5, 0.6) is 0 Å². The van der Waals surface area contributed by atoms with Crippen molar-refractivity contribution in [3.63, 3.8) is 0 Å².